The van der Waals surface area contributed by atoms with Crippen molar-refractivity contribution in [2.24, 2.45) is 0 Å². The Labute approximate surface area is 249 Å². The van der Waals surface area contributed by atoms with Gasteiger partial charge in [-0.3, -0.25) is 4.90 Å². The Kier molecular flexibility index (Phi) is 7.82. The fourth-order valence-corrected chi connectivity index (χ4v) is 5.56. The number of methoxy groups -OCH3 is 1. The van der Waals surface area contributed by atoms with Crippen molar-refractivity contribution in [1.82, 2.24) is 19.2 Å². The average Bonchev–Trinajstić information content (AvgIpc) is 3.37. The molecule has 0 unspecified atom stereocenters. The summed E-state index contributed by atoms with van der Waals surface area (Å²) in [5, 5.41) is 2.56. The predicted octanol–water partition coefficient (Wildman–Crippen LogP) is 6.92. The lowest BCUT2D eigenvalue weighted by Crippen LogP contribution is -2.49. The molecule has 6 rings (SSSR count). The van der Waals surface area contributed by atoms with E-state index < -0.39 is 17.7 Å². The number of ether oxygens (including phenoxy) is 1. The van der Waals surface area contributed by atoms with Crippen LogP contribution in [0.5, 0.6) is 5.75 Å². The number of urea groups is 1. The maximum Gasteiger partial charge on any atom is 0.322 e. The van der Waals surface area contributed by atoms with Crippen LogP contribution in [0.25, 0.3) is 28.0 Å². The van der Waals surface area contributed by atoms with Crippen LogP contribution in [-0.4, -0.2) is 58.5 Å². The van der Waals surface area contributed by atoms with Crippen molar-refractivity contribution in [1.29, 1.82) is 0 Å². The number of hydrogen-bond acceptors (Lipinski definition) is 4. The highest BCUT2D eigenvalue weighted by Gasteiger charge is 2.25. The molecule has 1 aliphatic heterocycles. The largest absolute Gasteiger partial charge is 0.497 e. The highest BCUT2D eigenvalue weighted by atomic mass is 19.1. The van der Waals surface area contributed by atoms with Gasteiger partial charge in [-0.05, 0) is 66.9 Å². The predicted molar refractivity (Wildman–Crippen MR) is 164 cm³/mol. The standard InChI is InChI=1S/C34H33F2N5O2/c1-22-7-8-23(2)28(17-22)25-9-12-32-38-33(24-5-4-6-27(18-24)43-3)31(41(32)20-25)21-39-13-15-40(16-14-39)34(42)37-30-11-10-26(35)19-29(30)36/h4-12,17-20H,13-16,21H2,1-3H3,(H,37,42). The third-order valence-corrected chi connectivity index (χ3v) is 7.97. The number of nitrogens with zero attached hydrogens (tertiary/aromatic N) is 4. The summed E-state index contributed by atoms with van der Waals surface area (Å²) in [4.78, 5) is 21.8. The lowest BCUT2D eigenvalue weighted by atomic mass is 10.00. The Morgan fingerprint density at radius 3 is 2.51 bits per heavy atom. The number of amides is 2. The van der Waals surface area contributed by atoms with Crippen molar-refractivity contribution < 1.29 is 18.3 Å². The Morgan fingerprint density at radius 1 is 0.930 bits per heavy atom. The van der Waals surface area contributed by atoms with E-state index >= 15 is 0 Å². The molecule has 1 N–H and O–H groups in total. The number of halogens is 2. The summed E-state index contributed by atoms with van der Waals surface area (Å²) in [6.07, 6.45) is 2.16. The zero-order valence-electron chi connectivity index (χ0n) is 24.4. The van der Waals surface area contributed by atoms with Crippen LogP contribution in [-0.2, 0) is 6.54 Å². The Hall–Kier alpha value is -4.76. The lowest BCUT2D eigenvalue weighted by Gasteiger charge is -2.34. The summed E-state index contributed by atoms with van der Waals surface area (Å²) >= 11 is 0. The van der Waals surface area contributed by atoms with E-state index in [0.29, 0.717) is 32.7 Å². The molecule has 1 saturated heterocycles. The van der Waals surface area contributed by atoms with Gasteiger partial charge in [0.05, 0.1) is 24.2 Å². The first-order valence-electron chi connectivity index (χ1n) is 14.3. The summed E-state index contributed by atoms with van der Waals surface area (Å²) in [5.41, 5.74) is 8.39. The molecule has 0 saturated carbocycles. The van der Waals surface area contributed by atoms with E-state index in [1.165, 1.54) is 22.8 Å². The van der Waals surface area contributed by atoms with Crippen molar-refractivity contribution in [3.63, 3.8) is 0 Å². The summed E-state index contributed by atoms with van der Waals surface area (Å²) in [6, 6.07) is 21.3. The van der Waals surface area contributed by atoms with Gasteiger partial charge in [0, 0.05) is 50.6 Å². The minimum Gasteiger partial charge on any atom is -0.497 e. The number of benzene rings is 3. The maximum absolute atomic E-state index is 14.1. The molecule has 2 amide bonds. The zero-order valence-corrected chi connectivity index (χ0v) is 24.4. The van der Waals surface area contributed by atoms with E-state index in [2.05, 4.69) is 65.0 Å². The summed E-state index contributed by atoms with van der Waals surface area (Å²) < 4.78 is 35.0. The molecule has 1 aliphatic rings. The number of aryl methyl sites for hydroxylation is 2. The number of anilines is 1. The second-order valence-electron chi connectivity index (χ2n) is 10.9. The van der Waals surface area contributed by atoms with Gasteiger partial charge in [-0.1, -0.05) is 35.9 Å². The van der Waals surface area contributed by atoms with Gasteiger partial charge >= 0.3 is 6.03 Å². The van der Waals surface area contributed by atoms with Crippen LogP contribution in [0.3, 0.4) is 0 Å². The molecule has 0 radical (unpaired) electrons. The molecular formula is C34H33F2N5O2. The molecule has 9 heteroatoms. The first-order valence-corrected chi connectivity index (χ1v) is 14.3. The highest BCUT2D eigenvalue weighted by molar-refractivity contribution is 5.89. The zero-order chi connectivity index (χ0) is 30.1. The van der Waals surface area contributed by atoms with Crippen molar-refractivity contribution >= 4 is 17.4 Å². The lowest BCUT2D eigenvalue weighted by molar-refractivity contribution is 0.142. The van der Waals surface area contributed by atoms with Crippen LogP contribution in [0.1, 0.15) is 16.8 Å². The number of aromatic nitrogens is 2. The van der Waals surface area contributed by atoms with Gasteiger partial charge in [-0.25, -0.2) is 18.6 Å². The number of hydrogen-bond donors (Lipinski definition) is 1. The molecule has 1 fully saturated rings. The quantitative estimate of drug-likeness (QED) is 0.237. The van der Waals surface area contributed by atoms with Crippen LogP contribution in [0, 0.1) is 25.5 Å². The first kappa shape index (κ1) is 28.4. The van der Waals surface area contributed by atoms with E-state index in [0.717, 1.165) is 46.0 Å². The van der Waals surface area contributed by atoms with Crippen molar-refractivity contribution in [3.8, 4) is 28.1 Å². The Bertz CT molecular complexity index is 1810. The second kappa shape index (κ2) is 11.9. The third kappa shape index (κ3) is 5.94. The van der Waals surface area contributed by atoms with Crippen LogP contribution < -0.4 is 10.1 Å². The monoisotopic (exact) mass is 581 g/mol. The minimum absolute atomic E-state index is 0.0397. The van der Waals surface area contributed by atoms with Gasteiger partial charge < -0.3 is 19.4 Å². The highest BCUT2D eigenvalue weighted by Crippen LogP contribution is 2.31. The molecule has 2 aromatic heterocycles. The van der Waals surface area contributed by atoms with Crippen LogP contribution in [0.15, 0.2) is 79.0 Å². The van der Waals surface area contributed by atoms with E-state index in [4.69, 9.17) is 9.72 Å². The number of nitrogens with one attached hydrogen (secondary N) is 1. The number of rotatable bonds is 6. The maximum atomic E-state index is 14.1. The molecule has 43 heavy (non-hydrogen) atoms. The summed E-state index contributed by atoms with van der Waals surface area (Å²) in [7, 11) is 1.65. The number of carbonyl (C=O) groups excluding carboxylic acids is 1. The van der Waals surface area contributed by atoms with Crippen molar-refractivity contribution in [2.45, 2.75) is 20.4 Å². The molecule has 3 heterocycles. The van der Waals surface area contributed by atoms with Crippen LogP contribution in [0.4, 0.5) is 19.3 Å². The minimum atomic E-state index is -0.801. The van der Waals surface area contributed by atoms with E-state index in [1.54, 1.807) is 12.0 Å². The molecule has 0 atom stereocenters. The molecule has 220 valence electrons. The molecule has 0 aliphatic carbocycles. The van der Waals surface area contributed by atoms with Crippen molar-refractivity contribution in [3.05, 3.63) is 107 Å². The van der Waals surface area contributed by atoms with Gasteiger partial charge in [0.15, 0.2) is 0 Å². The number of piperazine rings is 1. The van der Waals surface area contributed by atoms with E-state index in [1.807, 2.05) is 24.3 Å². The normalized spacial score (nSPS) is 13.8. The smallest absolute Gasteiger partial charge is 0.322 e. The number of pyridine rings is 1. The van der Waals surface area contributed by atoms with Gasteiger partial charge in [-0.15, -0.1) is 0 Å². The molecular weight excluding hydrogens is 548 g/mol. The average molecular weight is 582 g/mol. The second-order valence-corrected chi connectivity index (χ2v) is 10.9. The van der Waals surface area contributed by atoms with Gasteiger partial charge in [0.25, 0.3) is 0 Å². The third-order valence-electron chi connectivity index (χ3n) is 7.97. The molecule has 7 nitrogen and oxygen atoms in total. The fourth-order valence-electron chi connectivity index (χ4n) is 5.56. The first-order chi connectivity index (χ1) is 20.8. The summed E-state index contributed by atoms with van der Waals surface area (Å²) in [5.74, 6) is -0.732. The van der Waals surface area contributed by atoms with Gasteiger partial charge in [0.2, 0.25) is 0 Å². The fraction of sp³-hybridized carbons (Fsp3) is 0.235. The number of carbonyl (C=O) groups is 1. The molecule has 3 aromatic carbocycles. The van der Waals surface area contributed by atoms with Crippen LogP contribution in [0.2, 0.25) is 0 Å². The Balaban J connectivity index is 1.28. The summed E-state index contributed by atoms with van der Waals surface area (Å²) in [6.45, 7) is 7.02. The molecule has 0 spiro atoms. The van der Waals surface area contributed by atoms with E-state index in [9.17, 15) is 13.6 Å². The topological polar surface area (TPSA) is 62.1 Å². The number of fused-ring (bicyclic) bond motifs is 1. The SMILES string of the molecule is COc1cccc(-c2nc3ccc(-c4cc(C)ccc4C)cn3c2CN2CCN(C(=O)Nc3ccc(F)cc3F)CC2)c1. The molecule has 5 aromatic rings. The van der Waals surface area contributed by atoms with Gasteiger partial charge in [-0.2, -0.15) is 0 Å². The molecule has 0 bridgehead atoms. The van der Waals surface area contributed by atoms with E-state index in [-0.39, 0.29) is 5.69 Å². The number of imidazole rings is 1. The van der Waals surface area contributed by atoms with Crippen molar-refractivity contribution in [2.75, 3.05) is 38.6 Å². The van der Waals surface area contributed by atoms with Crippen LogP contribution >= 0.6 is 0 Å². The Morgan fingerprint density at radius 2 is 1.74 bits per heavy atom. The van der Waals surface area contributed by atoms with Gasteiger partial charge in [0.1, 0.15) is 23.0 Å².